The van der Waals surface area contributed by atoms with Crippen molar-refractivity contribution in [3.63, 3.8) is 0 Å². The number of nitrogens with zero attached hydrogens (tertiary/aromatic N) is 3. The summed E-state index contributed by atoms with van der Waals surface area (Å²) in [6, 6.07) is 6.42. The largest absolute Gasteiger partial charge is 0.494 e. The molecule has 1 aliphatic rings. The summed E-state index contributed by atoms with van der Waals surface area (Å²) in [6.45, 7) is 4.32. The number of benzene rings is 1. The number of ether oxygens (including phenoxy) is 1. The Labute approximate surface area is 155 Å². The summed E-state index contributed by atoms with van der Waals surface area (Å²) in [6.07, 6.45) is 0. The maximum Gasteiger partial charge on any atom is 0.255 e. The molecule has 0 saturated carbocycles. The van der Waals surface area contributed by atoms with Gasteiger partial charge in [-0.05, 0) is 38.1 Å². The summed E-state index contributed by atoms with van der Waals surface area (Å²) >= 11 is 1.55. The van der Waals surface area contributed by atoms with Crippen LogP contribution in [0, 0.1) is 6.92 Å². The number of hydrogen-bond donors (Lipinski definition) is 1. The van der Waals surface area contributed by atoms with E-state index in [2.05, 4.69) is 15.5 Å². The first kappa shape index (κ1) is 18.2. The summed E-state index contributed by atoms with van der Waals surface area (Å²) in [4.78, 5) is 30.9. The molecule has 2 heterocycles. The second-order valence-corrected chi connectivity index (χ2v) is 6.70. The van der Waals surface area contributed by atoms with Crippen LogP contribution >= 0.6 is 11.8 Å². The normalized spacial score (nSPS) is 16.5. The molecule has 0 bridgehead atoms. The SMILES string of the molecule is CCOc1ccc(C(=O)N2CSC[C@@H]2C(=O)NCc2nc(C)no2)cc1. The topological polar surface area (TPSA) is 97.6 Å². The third-order valence-corrected chi connectivity index (χ3v) is 4.85. The zero-order valence-electron chi connectivity index (χ0n) is 14.6. The van der Waals surface area contributed by atoms with Crippen molar-refractivity contribution in [3.8, 4) is 5.75 Å². The Bertz CT molecular complexity index is 777. The monoisotopic (exact) mass is 376 g/mol. The summed E-state index contributed by atoms with van der Waals surface area (Å²) in [5, 5.41) is 6.43. The zero-order chi connectivity index (χ0) is 18.5. The highest BCUT2D eigenvalue weighted by Gasteiger charge is 2.35. The molecule has 2 aromatic rings. The third-order valence-electron chi connectivity index (χ3n) is 3.84. The molecule has 26 heavy (non-hydrogen) atoms. The fourth-order valence-electron chi connectivity index (χ4n) is 2.58. The van der Waals surface area contributed by atoms with Crippen molar-refractivity contribution in [2.24, 2.45) is 0 Å². The van der Waals surface area contributed by atoms with Crippen molar-refractivity contribution in [2.75, 3.05) is 18.2 Å². The minimum atomic E-state index is -0.525. The van der Waals surface area contributed by atoms with E-state index in [9.17, 15) is 9.59 Å². The Balaban J connectivity index is 1.62. The van der Waals surface area contributed by atoms with Gasteiger partial charge < -0.3 is 19.5 Å². The highest BCUT2D eigenvalue weighted by Crippen LogP contribution is 2.24. The van der Waals surface area contributed by atoms with Crippen LogP contribution in [0.5, 0.6) is 5.75 Å². The van der Waals surface area contributed by atoms with Crippen molar-refractivity contribution >= 4 is 23.6 Å². The van der Waals surface area contributed by atoms with Crippen LogP contribution in [0.1, 0.15) is 29.0 Å². The van der Waals surface area contributed by atoms with E-state index in [0.717, 1.165) is 0 Å². The molecule has 3 rings (SSSR count). The average Bonchev–Trinajstić information content (AvgIpc) is 3.29. The number of amides is 2. The van der Waals surface area contributed by atoms with E-state index in [1.807, 2.05) is 6.92 Å². The molecule has 8 nitrogen and oxygen atoms in total. The fraction of sp³-hybridized carbons (Fsp3) is 0.412. The number of aromatic nitrogens is 2. The van der Waals surface area contributed by atoms with Gasteiger partial charge in [0.05, 0.1) is 19.0 Å². The van der Waals surface area contributed by atoms with Crippen LogP contribution in [-0.4, -0.2) is 51.1 Å². The molecule has 1 fully saturated rings. The predicted molar refractivity (Wildman–Crippen MR) is 95.8 cm³/mol. The van der Waals surface area contributed by atoms with Gasteiger partial charge >= 0.3 is 0 Å². The van der Waals surface area contributed by atoms with Crippen molar-refractivity contribution < 1.29 is 18.8 Å². The van der Waals surface area contributed by atoms with Gasteiger partial charge in [0.25, 0.3) is 5.91 Å². The van der Waals surface area contributed by atoms with Crippen LogP contribution in [0.3, 0.4) is 0 Å². The lowest BCUT2D eigenvalue weighted by molar-refractivity contribution is -0.124. The molecule has 1 aliphatic heterocycles. The standard InChI is InChI=1S/C17H20N4O4S/c1-3-24-13-6-4-12(5-7-13)17(23)21-10-26-9-14(21)16(22)18-8-15-19-11(2)20-25-15/h4-7,14H,3,8-10H2,1-2H3,(H,18,22)/t14-/m1/s1. The third kappa shape index (κ3) is 4.16. The number of hydrogen-bond acceptors (Lipinski definition) is 7. The van der Waals surface area contributed by atoms with Crippen LogP contribution in [0.15, 0.2) is 28.8 Å². The van der Waals surface area contributed by atoms with Gasteiger partial charge in [0.1, 0.15) is 11.8 Å². The van der Waals surface area contributed by atoms with E-state index >= 15 is 0 Å². The second kappa shape index (κ2) is 8.22. The van der Waals surface area contributed by atoms with Gasteiger partial charge in [0.2, 0.25) is 11.8 Å². The second-order valence-electron chi connectivity index (χ2n) is 5.70. The van der Waals surface area contributed by atoms with Gasteiger partial charge in [0.15, 0.2) is 5.82 Å². The van der Waals surface area contributed by atoms with Crippen LogP contribution in [-0.2, 0) is 11.3 Å². The molecule has 138 valence electrons. The van der Waals surface area contributed by atoms with Crippen LogP contribution in [0.4, 0.5) is 0 Å². The first-order valence-electron chi connectivity index (χ1n) is 8.27. The number of aryl methyl sites for hydroxylation is 1. The van der Waals surface area contributed by atoms with Crippen LogP contribution < -0.4 is 10.1 Å². The Morgan fingerprint density at radius 2 is 2.15 bits per heavy atom. The Morgan fingerprint density at radius 1 is 1.38 bits per heavy atom. The lowest BCUT2D eigenvalue weighted by Gasteiger charge is -2.23. The van der Waals surface area contributed by atoms with Crippen molar-refractivity contribution in [1.29, 1.82) is 0 Å². The minimum absolute atomic E-state index is 0.145. The number of carbonyl (C=O) groups is 2. The smallest absolute Gasteiger partial charge is 0.255 e. The maximum atomic E-state index is 12.8. The number of rotatable bonds is 6. The summed E-state index contributed by atoms with van der Waals surface area (Å²) < 4.78 is 10.4. The van der Waals surface area contributed by atoms with Crippen molar-refractivity contribution in [1.82, 2.24) is 20.4 Å². The van der Waals surface area contributed by atoms with Gasteiger partial charge in [-0.25, -0.2) is 0 Å². The van der Waals surface area contributed by atoms with Crippen LogP contribution in [0.25, 0.3) is 0 Å². The van der Waals surface area contributed by atoms with Crippen molar-refractivity contribution in [2.45, 2.75) is 26.4 Å². The highest BCUT2D eigenvalue weighted by molar-refractivity contribution is 7.99. The molecule has 1 aromatic carbocycles. The lowest BCUT2D eigenvalue weighted by Crippen LogP contribution is -2.47. The van der Waals surface area contributed by atoms with E-state index in [-0.39, 0.29) is 18.4 Å². The zero-order valence-corrected chi connectivity index (χ0v) is 15.4. The Kier molecular flexibility index (Phi) is 5.77. The maximum absolute atomic E-state index is 12.8. The number of nitrogens with one attached hydrogen (secondary N) is 1. The van der Waals surface area contributed by atoms with Gasteiger partial charge in [0, 0.05) is 11.3 Å². The molecule has 1 aromatic heterocycles. The number of carbonyl (C=O) groups excluding carboxylic acids is 2. The first-order valence-corrected chi connectivity index (χ1v) is 9.42. The van der Waals surface area contributed by atoms with Gasteiger partial charge in [-0.15, -0.1) is 11.8 Å². The molecule has 1 saturated heterocycles. The molecular formula is C17H20N4O4S. The Morgan fingerprint density at radius 3 is 2.81 bits per heavy atom. The molecular weight excluding hydrogens is 356 g/mol. The predicted octanol–water partition coefficient (Wildman–Crippen LogP) is 1.61. The van der Waals surface area contributed by atoms with E-state index in [1.54, 1.807) is 47.9 Å². The fourth-order valence-corrected chi connectivity index (χ4v) is 3.73. The summed E-state index contributed by atoms with van der Waals surface area (Å²) in [5.74, 6) is 2.19. The molecule has 2 amide bonds. The molecule has 9 heteroatoms. The minimum Gasteiger partial charge on any atom is -0.494 e. The first-order chi connectivity index (χ1) is 12.6. The van der Waals surface area contributed by atoms with Crippen LogP contribution in [0.2, 0.25) is 0 Å². The van der Waals surface area contributed by atoms with Gasteiger partial charge in [-0.3, -0.25) is 9.59 Å². The van der Waals surface area contributed by atoms with E-state index in [1.165, 1.54) is 0 Å². The van der Waals surface area contributed by atoms with Crippen molar-refractivity contribution in [3.05, 3.63) is 41.5 Å². The molecule has 0 radical (unpaired) electrons. The summed E-state index contributed by atoms with van der Waals surface area (Å²) in [5.41, 5.74) is 0.529. The lowest BCUT2D eigenvalue weighted by atomic mass is 10.1. The quantitative estimate of drug-likeness (QED) is 0.818. The molecule has 1 atom stereocenters. The summed E-state index contributed by atoms with van der Waals surface area (Å²) in [7, 11) is 0. The average molecular weight is 376 g/mol. The van der Waals surface area contributed by atoms with E-state index in [4.69, 9.17) is 9.26 Å². The molecule has 0 spiro atoms. The van der Waals surface area contributed by atoms with Gasteiger partial charge in [-0.1, -0.05) is 5.16 Å². The van der Waals surface area contributed by atoms with E-state index < -0.39 is 6.04 Å². The highest BCUT2D eigenvalue weighted by atomic mass is 32.2. The number of thioether (sulfide) groups is 1. The van der Waals surface area contributed by atoms with E-state index in [0.29, 0.717) is 41.3 Å². The molecule has 0 unspecified atom stereocenters. The molecule has 1 N–H and O–H groups in total. The Hall–Kier alpha value is -2.55. The van der Waals surface area contributed by atoms with Gasteiger partial charge in [-0.2, -0.15) is 4.98 Å². The molecule has 0 aliphatic carbocycles.